The van der Waals surface area contributed by atoms with Gasteiger partial charge < -0.3 is 5.32 Å². The van der Waals surface area contributed by atoms with Gasteiger partial charge in [-0.1, -0.05) is 12.1 Å². The first kappa shape index (κ1) is 18.0. The molecule has 2 aromatic rings. The van der Waals surface area contributed by atoms with Gasteiger partial charge in [0.25, 0.3) is 0 Å². The Labute approximate surface area is 149 Å². The first-order valence-corrected chi connectivity index (χ1v) is 10.1. The maximum absolute atomic E-state index is 13.9. The fourth-order valence-corrected chi connectivity index (χ4v) is 5.33. The number of halogens is 1. The first-order valence-electron chi connectivity index (χ1n) is 7.82. The molecule has 1 unspecified atom stereocenters. The highest BCUT2D eigenvalue weighted by Crippen LogP contribution is 2.29. The number of benzene rings is 1. The van der Waals surface area contributed by atoms with Gasteiger partial charge >= 0.3 is 0 Å². The van der Waals surface area contributed by atoms with E-state index in [0.29, 0.717) is 18.0 Å². The van der Waals surface area contributed by atoms with Crippen molar-refractivity contribution in [3.63, 3.8) is 0 Å². The smallest absolute Gasteiger partial charge is 0.246 e. The number of anilines is 1. The van der Waals surface area contributed by atoms with Crippen LogP contribution in [0.1, 0.15) is 23.4 Å². The number of sulfonamides is 1. The zero-order valence-corrected chi connectivity index (χ0v) is 15.5. The number of thiazole rings is 1. The van der Waals surface area contributed by atoms with Gasteiger partial charge in [0.05, 0.1) is 5.69 Å². The van der Waals surface area contributed by atoms with Crippen LogP contribution in [0.5, 0.6) is 0 Å². The Bertz CT molecular complexity index is 892. The van der Waals surface area contributed by atoms with E-state index in [0.717, 1.165) is 20.9 Å². The lowest BCUT2D eigenvalue weighted by molar-refractivity contribution is -0.119. The van der Waals surface area contributed by atoms with Crippen molar-refractivity contribution in [2.24, 2.45) is 0 Å². The van der Waals surface area contributed by atoms with E-state index in [4.69, 9.17) is 0 Å². The standard InChI is InChI=1S/C16H18FN3O3S2/c1-10-11(2)24-16(18-10)19-15(21)13-7-5-9-20(13)25(22,23)14-8-4-3-6-12(14)17/h3-4,6,8,13H,5,7,9H2,1-2H3,(H,18,19,21). The molecule has 2 heterocycles. The van der Waals surface area contributed by atoms with Crippen LogP contribution in [0.4, 0.5) is 9.52 Å². The van der Waals surface area contributed by atoms with E-state index in [1.165, 1.54) is 29.5 Å². The molecule has 3 rings (SSSR count). The number of nitrogens with one attached hydrogen (secondary N) is 1. The number of aromatic nitrogens is 1. The largest absolute Gasteiger partial charge is 0.301 e. The second kappa shape index (κ2) is 6.81. The summed E-state index contributed by atoms with van der Waals surface area (Å²) in [4.78, 5) is 17.4. The Hall–Kier alpha value is -1.84. The number of amides is 1. The molecule has 134 valence electrons. The molecule has 0 bridgehead atoms. The maximum Gasteiger partial charge on any atom is 0.246 e. The third kappa shape index (κ3) is 3.44. The molecule has 25 heavy (non-hydrogen) atoms. The third-order valence-corrected chi connectivity index (χ3v) is 7.12. The number of rotatable bonds is 4. The molecule has 1 aliphatic heterocycles. The van der Waals surface area contributed by atoms with E-state index in [1.807, 2.05) is 13.8 Å². The number of carbonyl (C=O) groups is 1. The van der Waals surface area contributed by atoms with Gasteiger partial charge in [-0.25, -0.2) is 17.8 Å². The van der Waals surface area contributed by atoms with E-state index < -0.39 is 32.7 Å². The number of carbonyl (C=O) groups excluding carboxylic acids is 1. The van der Waals surface area contributed by atoms with E-state index in [-0.39, 0.29) is 6.54 Å². The van der Waals surface area contributed by atoms with Gasteiger partial charge in [0.2, 0.25) is 15.9 Å². The SMILES string of the molecule is Cc1nc(NC(=O)C2CCCN2S(=O)(=O)c2ccccc2F)sc1C. The monoisotopic (exact) mass is 383 g/mol. The van der Waals surface area contributed by atoms with Crippen LogP contribution in [0.2, 0.25) is 0 Å². The molecule has 0 spiro atoms. The highest BCUT2D eigenvalue weighted by atomic mass is 32.2. The highest BCUT2D eigenvalue weighted by Gasteiger charge is 2.40. The van der Waals surface area contributed by atoms with Crippen LogP contribution < -0.4 is 5.32 Å². The molecule has 1 amide bonds. The van der Waals surface area contributed by atoms with Gasteiger partial charge in [0.15, 0.2) is 5.13 Å². The van der Waals surface area contributed by atoms with Crippen LogP contribution in [-0.4, -0.2) is 36.2 Å². The summed E-state index contributed by atoms with van der Waals surface area (Å²) < 4.78 is 40.6. The van der Waals surface area contributed by atoms with Crippen molar-refractivity contribution in [2.75, 3.05) is 11.9 Å². The molecule has 6 nitrogen and oxygen atoms in total. The summed E-state index contributed by atoms with van der Waals surface area (Å²) >= 11 is 1.34. The average Bonchev–Trinajstić information content (AvgIpc) is 3.15. The summed E-state index contributed by atoms with van der Waals surface area (Å²) in [6.07, 6.45) is 0.935. The summed E-state index contributed by atoms with van der Waals surface area (Å²) in [6, 6.07) is 4.33. The molecule has 1 atom stereocenters. The van der Waals surface area contributed by atoms with E-state index >= 15 is 0 Å². The maximum atomic E-state index is 13.9. The summed E-state index contributed by atoms with van der Waals surface area (Å²) in [6.45, 7) is 3.92. The molecule has 1 saturated heterocycles. The normalized spacial score (nSPS) is 18.4. The van der Waals surface area contributed by atoms with Gasteiger partial charge in [-0.15, -0.1) is 11.3 Å². The van der Waals surface area contributed by atoms with Crippen molar-refractivity contribution in [3.8, 4) is 0 Å². The minimum Gasteiger partial charge on any atom is -0.301 e. The van der Waals surface area contributed by atoms with E-state index in [9.17, 15) is 17.6 Å². The van der Waals surface area contributed by atoms with Crippen LogP contribution in [0.3, 0.4) is 0 Å². The number of hydrogen-bond donors (Lipinski definition) is 1. The Morgan fingerprint density at radius 1 is 1.36 bits per heavy atom. The zero-order valence-electron chi connectivity index (χ0n) is 13.8. The first-order chi connectivity index (χ1) is 11.8. The molecule has 0 aliphatic carbocycles. The molecular formula is C16H18FN3O3S2. The fourth-order valence-electron chi connectivity index (χ4n) is 2.79. The second-order valence-corrected chi connectivity index (χ2v) is 8.92. The van der Waals surface area contributed by atoms with Crippen LogP contribution in [0.15, 0.2) is 29.2 Å². The van der Waals surface area contributed by atoms with Crippen LogP contribution in [-0.2, 0) is 14.8 Å². The number of aryl methyl sites for hydroxylation is 2. The summed E-state index contributed by atoms with van der Waals surface area (Å²) in [5.41, 5.74) is 0.822. The molecule has 0 radical (unpaired) electrons. The van der Waals surface area contributed by atoms with Gasteiger partial charge in [-0.2, -0.15) is 4.31 Å². The van der Waals surface area contributed by atoms with Crippen molar-refractivity contribution in [3.05, 3.63) is 40.7 Å². The molecule has 1 aliphatic rings. The van der Waals surface area contributed by atoms with Crippen molar-refractivity contribution in [2.45, 2.75) is 37.6 Å². The molecule has 9 heteroatoms. The van der Waals surface area contributed by atoms with Crippen molar-refractivity contribution in [1.29, 1.82) is 0 Å². The van der Waals surface area contributed by atoms with E-state index in [1.54, 1.807) is 0 Å². The van der Waals surface area contributed by atoms with Crippen molar-refractivity contribution >= 4 is 32.4 Å². The topological polar surface area (TPSA) is 79.4 Å². The van der Waals surface area contributed by atoms with Crippen molar-refractivity contribution in [1.82, 2.24) is 9.29 Å². The molecule has 1 fully saturated rings. The van der Waals surface area contributed by atoms with Crippen LogP contribution >= 0.6 is 11.3 Å². The van der Waals surface area contributed by atoms with E-state index in [2.05, 4.69) is 10.3 Å². The van der Waals surface area contributed by atoms with Gasteiger partial charge in [0, 0.05) is 11.4 Å². The predicted molar refractivity (Wildman–Crippen MR) is 93.5 cm³/mol. The molecule has 0 saturated carbocycles. The molecular weight excluding hydrogens is 365 g/mol. The van der Waals surface area contributed by atoms with Gasteiger partial charge in [-0.05, 0) is 38.8 Å². The Morgan fingerprint density at radius 3 is 2.72 bits per heavy atom. The van der Waals surface area contributed by atoms with Crippen LogP contribution in [0, 0.1) is 19.7 Å². The average molecular weight is 383 g/mol. The molecule has 1 aromatic heterocycles. The number of nitrogens with zero attached hydrogens (tertiary/aromatic N) is 2. The number of hydrogen-bond acceptors (Lipinski definition) is 5. The minimum atomic E-state index is -4.08. The lowest BCUT2D eigenvalue weighted by atomic mass is 10.2. The van der Waals surface area contributed by atoms with Gasteiger partial charge in [-0.3, -0.25) is 4.79 Å². The second-order valence-electron chi connectivity index (χ2n) is 5.85. The Kier molecular flexibility index (Phi) is 4.90. The highest BCUT2D eigenvalue weighted by molar-refractivity contribution is 7.89. The Morgan fingerprint density at radius 2 is 2.08 bits per heavy atom. The van der Waals surface area contributed by atoms with Crippen molar-refractivity contribution < 1.29 is 17.6 Å². The summed E-state index contributed by atoms with van der Waals surface area (Å²) in [7, 11) is -4.08. The lowest BCUT2D eigenvalue weighted by Crippen LogP contribution is -2.43. The zero-order chi connectivity index (χ0) is 18.2. The predicted octanol–water partition coefficient (Wildman–Crippen LogP) is 2.69. The molecule has 1 aromatic carbocycles. The quantitative estimate of drug-likeness (QED) is 0.880. The Balaban J connectivity index is 1.84. The van der Waals surface area contributed by atoms with Crippen LogP contribution in [0.25, 0.3) is 0 Å². The third-order valence-electron chi connectivity index (χ3n) is 4.19. The minimum absolute atomic E-state index is 0.185. The summed E-state index contributed by atoms with van der Waals surface area (Å²) in [5.74, 6) is -1.26. The van der Waals surface area contributed by atoms with Gasteiger partial charge in [0.1, 0.15) is 16.8 Å². The summed E-state index contributed by atoms with van der Waals surface area (Å²) in [5, 5.41) is 3.12. The molecule has 1 N–H and O–H groups in total. The fraction of sp³-hybridized carbons (Fsp3) is 0.375. The lowest BCUT2D eigenvalue weighted by Gasteiger charge is -2.23.